The highest BCUT2D eigenvalue weighted by molar-refractivity contribution is 5.84. The summed E-state index contributed by atoms with van der Waals surface area (Å²) in [6.07, 6.45) is 13.4. The van der Waals surface area contributed by atoms with Gasteiger partial charge in [0, 0.05) is 23.7 Å². The monoisotopic (exact) mass is 344 g/mol. The number of carbonyl (C=O) groups excluding carboxylic acids is 1. The van der Waals surface area contributed by atoms with E-state index in [1.54, 1.807) is 0 Å². The smallest absolute Gasteiger partial charge is 0.147 e. The molecule has 1 atom stereocenters. The first-order chi connectivity index (χ1) is 12.9. The van der Waals surface area contributed by atoms with Gasteiger partial charge >= 0.3 is 0 Å². The van der Waals surface area contributed by atoms with Crippen molar-refractivity contribution in [1.29, 1.82) is 0 Å². The lowest BCUT2D eigenvalue weighted by Gasteiger charge is -2.37. The van der Waals surface area contributed by atoms with Gasteiger partial charge in [0.25, 0.3) is 0 Å². The van der Waals surface area contributed by atoms with Gasteiger partial charge in [0.2, 0.25) is 0 Å². The molecule has 0 saturated heterocycles. The van der Waals surface area contributed by atoms with Crippen LogP contribution in [-0.4, -0.2) is 17.3 Å². The molecule has 1 saturated carbocycles. The van der Waals surface area contributed by atoms with E-state index in [9.17, 15) is 4.79 Å². The summed E-state index contributed by atoms with van der Waals surface area (Å²) >= 11 is 0. The molecule has 3 heteroatoms. The molecule has 0 amide bonds. The van der Waals surface area contributed by atoms with Gasteiger partial charge in [-0.25, -0.2) is 0 Å². The van der Waals surface area contributed by atoms with Crippen molar-refractivity contribution in [2.24, 2.45) is 5.92 Å². The molecular formula is C23H24N2O. The highest BCUT2D eigenvalue weighted by Gasteiger charge is 2.31. The fraction of sp³-hybridized carbons (Fsp3) is 0.304. The fourth-order valence-corrected chi connectivity index (χ4v) is 4.14. The number of allylic oxidation sites excluding steroid dienone is 2. The molecular weight excluding hydrogens is 320 g/mol. The lowest BCUT2D eigenvalue weighted by atomic mass is 9.78. The Labute approximate surface area is 155 Å². The van der Waals surface area contributed by atoms with Crippen molar-refractivity contribution in [1.82, 2.24) is 4.98 Å². The Bertz CT molecular complexity index is 805. The summed E-state index contributed by atoms with van der Waals surface area (Å²) in [5.41, 5.74) is 4.31. The van der Waals surface area contributed by atoms with Crippen LogP contribution in [0.3, 0.4) is 0 Å². The van der Waals surface area contributed by atoms with Gasteiger partial charge < -0.3 is 9.69 Å². The van der Waals surface area contributed by atoms with Crippen molar-refractivity contribution in [3.63, 3.8) is 0 Å². The van der Waals surface area contributed by atoms with Gasteiger partial charge in [-0.2, -0.15) is 0 Å². The van der Waals surface area contributed by atoms with Crippen molar-refractivity contribution in [2.45, 2.75) is 38.1 Å². The molecule has 1 unspecified atom stereocenters. The minimum absolute atomic E-state index is 0.229. The van der Waals surface area contributed by atoms with Crippen LogP contribution in [0, 0.1) is 5.92 Å². The molecule has 26 heavy (non-hydrogen) atoms. The number of anilines is 1. The van der Waals surface area contributed by atoms with Crippen LogP contribution in [0.1, 0.15) is 37.8 Å². The number of hydrogen-bond donors (Lipinski definition) is 0. The highest BCUT2D eigenvalue weighted by atomic mass is 16.1. The van der Waals surface area contributed by atoms with Crippen molar-refractivity contribution in [3.05, 3.63) is 78.3 Å². The second-order valence-corrected chi connectivity index (χ2v) is 7.10. The molecule has 2 aromatic rings. The van der Waals surface area contributed by atoms with Gasteiger partial charge in [0.05, 0.1) is 5.69 Å². The van der Waals surface area contributed by atoms with Gasteiger partial charge in [-0.3, -0.25) is 4.98 Å². The molecule has 2 heterocycles. The summed E-state index contributed by atoms with van der Waals surface area (Å²) < 4.78 is 0. The van der Waals surface area contributed by atoms with Crippen molar-refractivity contribution >= 4 is 17.5 Å². The van der Waals surface area contributed by atoms with Crippen molar-refractivity contribution in [3.8, 4) is 0 Å². The van der Waals surface area contributed by atoms with E-state index >= 15 is 0 Å². The average molecular weight is 344 g/mol. The lowest BCUT2D eigenvalue weighted by molar-refractivity contribution is -0.108. The first-order valence-electron chi connectivity index (χ1n) is 9.50. The molecule has 0 bridgehead atoms. The van der Waals surface area contributed by atoms with Crippen molar-refractivity contribution in [2.75, 3.05) is 4.90 Å². The predicted octanol–water partition coefficient (Wildman–Crippen LogP) is 5.02. The Morgan fingerprint density at radius 3 is 2.42 bits per heavy atom. The Hall–Kier alpha value is -2.68. The van der Waals surface area contributed by atoms with Gasteiger partial charge in [-0.05, 0) is 54.7 Å². The molecule has 3 nitrogen and oxygen atoms in total. The summed E-state index contributed by atoms with van der Waals surface area (Å²) in [4.78, 5) is 18.8. The molecule has 132 valence electrons. The van der Waals surface area contributed by atoms with Crippen LogP contribution in [-0.2, 0) is 4.79 Å². The quantitative estimate of drug-likeness (QED) is 0.730. The highest BCUT2D eigenvalue weighted by Crippen LogP contribution is 2.38. The van der Waals surface area contributed by atoms with E-state index in [-0.39, 0.29) is 6.04 Å². The lowest BCUT2D eigenvalue weighted by Crippen LogP contribution is -2.39. The van der Waals surface area contributed by atoms with Crippen LogP contribution in [0.15, 0.2) is 72.6 Å². The van der Waals surface area contributed by atoms with Crippen LogP contribution >= 0.6 is 0 Å². The minimum atomic E-state index is -0.229. The Morgan fingerprint density at radius 1 is 0.962 bits per heavy atom. The first-order valence-corrected chi connectivity index (χ1v) is 9.50. The van der Waals surface area contributed by atoms with E-state index in [4.69, 9.17) is 0 Å². The van der Waals surface area contributed by atoms with Gasteiger partial charge in [-0.15, -0.1) is 0 Å². The van der Waals surface area contributed by atoms with E-state index in [0.717, 1.165) is 23.2 Å². The summed E-state index contributed by atoms with van der Waals surface area (Å²) in [6, 6.07) is 15.9. The summed E-state index contributed by atoms with van der Waals surface area (Å²) in [5.74, 6) is 0.484. The molecule has 1 aromatic heterocycles. The normalized spacial score (nSPS) is 21.1. The van der Waals surface area contributed by atoms with Crippen LogP contribution in [0.2, 0.25) is 0 Å². The number of hydrogen-bond acceptors (Lipinski definition) is 3. The second-order valence-electron chi connectivity index (χ2n) is 7.10. The molecule has 0 radical (unpaired) electrons. The molecule has 4 rings (SSSR count). The number of pyridine rings is 1. The molecule has 0 N–H and O–H groups in total. The van der Waals surface area contributed by atoms with Crippen LogP contribution in [0.25, 0.3) is 5.57 Å². The summed E-state index contributed by atoms with van der Waals surface area (Å²) in [7, 11) is 0. The number of aromatic nitrogens is 1. The number of aldehydes is 1. The number of rotatable bonds is 4. The number of carbonyl (C=O) groups is 1. The second kappa shape index (κ2) is 7.69. The van der Waals surface area contributed by atoms with Gasteiger partial charge in [0.1, 0.15) is 12.3 Å². The Balaban J connectivity index is 1.79. The SMILES string of the molecule is O=CC1C(C2CCCCC2)=CC(c2ccccn2)=CN1c1ccccc1. The predicted molar refractivity (Wildman–Crippen MR) is 106 cm³/mol. The van der Waals surface area contributed by atoms with Crippen LogP contribution < -0.4 is 4.90 Å². The summed E-state index contributed by atoms with van der Waals surface area (Å²) in [6.45, 7) is 0. The van der Waals surface area contributed by atoms with Crippen LogP contribution in [0.5, 0.6) is 0 Å². The third-order valence-corrected chi connectivity index (χ3v) is 5.46. The fourth-order valence-electron chi connectivity index (χ4n) is 4.14. The van der Waals surface area contributed by atoms with Crippen molar-refractivity contribution < 1.29 is 4.79 Å². The molecule has 0 spiro atoms. The third kappa shape index (κ3) is 3.34. The zero-order valence-corrected chi connectivity index (χ0v) is 14.9. The maximum atomic E-state index is 12.1. The van der Waals surface area contributed by atoms with E-state index in [2.05, 4.69) is 34.3 Å². The third-order valence-electron chi connectivity index (χ3n) is 5.46. The molecule has 1 aliphatic heterocycles. The standard InChI is InChI=1S/C23H24N2O/c26-17-23-21(18-9-3-1-4-10-18)15-19(22-13-7-8-14-24-22)16-25(23)20-11-5-2-6-12-20/h2,5-8,11-18,23H,1,3-4,9-10H2. The van der Waals surface area contributed by atoms with Crippen LogP contribution in [0.4, 0.5) is 5.69 Å². The largest absolute Gasteiger partial charge is 0.333 e. The van der Waals surface area contributed by atoms with E-state index < -0.39 is 0 Å². The Kier molecular flexibility index (Phi) is 4.96. The Morgan fingerprint density at radius 2 is 1.73 bits per heavy atom. The first kappa shape index (κ1) is 16.8. The molecule has 2 aliphatic rings. The van der Waals surface area contributed by atoms with E-state index in [1.807, 2.05) is 42.6 Å². The summed E-state index contributed by atoms with van der Waals surface area (Å²) in [5, 5.41) is 0. The maximum Gasteiger partial charge on any atom is 0.147 e. The molecule has 1 fully saturated rings. The number of para-hydroxylation sites is 1. The topological polar surface area (TPSA) is 33.2 Å². The van der Waals surface area contributed by atoms with Gasteiger partial charge in [0.15, 0.2) is 0 Å². The van der Waals surface area contributed by atoms with E-state index in [1.165, 1.54) is 37.7 Å². The number of benzene rings is 1. The number of nitrogens with zero attached hydrogens (tertiary/aromatic N) is 2. The molecule has 1 aromatic carbocycles. The maximum absolute atomic E-state index is 12.1. The minimum Gasteiger partial charge on any atom is -0.333 e. The van der Waals surface area contributed by atoms with Gasteiger partial charge in [-0.1, -0.05) is 43.5 Å². The zero-order valence-electron chi connectivity index (χ0n) is 14.9. The average Bonchev–Trinajstić information content (AvgIpc) is 2.74. The zero-order chi connectivity index (χ0) is 17.8. The molecule has 1 aliphatic carbocycles. The van der Waals surface area contributed by atoms with E-state index in [0.29, 0.717) is 5.92 Å².